The third-order valence-electron chi connectivity index (χ3n) is 4.79. The van der Waals surface area contributed by atoms with Crippen molar-refractivity contribution in [3.05, 3.63) is 0 Å². The maximum atomic E-state index is 2.55. The van der Waals surface area contributed by atoms with Crippen LogP contribution in [0.25, 0.3) is 0 Å². The zero-order valence-electron chi connectivity index (χ0n) is 16.2. The molecule has 0 fully saturated rings. The highest BCUT2D eigenvalue weighted by Crippen LogP contribution is 2.11. The van der Waals surface area contributed by atoms with Crippen LogP contribution >= 0.6 is 0 Å². The maximum Gasteiger partial charge on any atom is -0.00218 e. The second-order valence-electron chi connectivity index (χ2n) is 7.25. The lowest BCUT2D eigenvalue weighted by Gasteiger charge is -2.16. The van der Waals surface area contributed by atoms with Crippen molar-refractivity contribution in [2.75, 3.05) is 20.1 Å². The summed E-state index contributed by atoms with van der Waals surface area (Å²) in [4.78, 5) is 2.55. The molecule has 0 unspecified atom stereocenters. The Kier molecular flexibility index (Phi) is 19.0. The first-order valence-electron chi connectivity index (χ1n) is 10.5. The number of nitrogens with zero attached hydrogens (tertiary/aromatic N) is 1. The van der Waals surface area contributed by atoms with Crippen LogP contribution in [0.5, 0.6) is 0 Å². The minimum Gasteiger partial charge on any atom is -0.306 e. The molecule has 0 radical (unpaired) electrons. The van der Waals surface area contributed by atoms with Crippen molar-refractivity contribution in [2.24, 2.45) is 0 Å². The molecule has 134 valence electrons. The summed E-state index contributed by atoms with van der Waals surface area (Å²) in [5.41, 5.74) is 0. The Morgan fingerprint density at radius 3 is 1.00 bits per heavy atom. The summed E-state index contributed by atoms with van der Waals surface area (Å²) in [6, 6.07) is 0. The molecule has 0 aromatic rings. The van der Waals surface area contributed by atoms with E-state index in [1.807, 2.05) is 0 Å². The summed E-state index contributed by atoms with van der Waals surface area (Å²) in [6.07, 6.45) is 22.9. The number of unbranched alkanes of at least 4 members (excludes halogenated alkanes) is 14. The van der Waals surface area contributed by atoms with E-state index in [9.17, 15) is 0 Å². The predicted molar refractivity (Wildman–Crippen MR) is 103 cm³/mol. The van der Waals surface area contributed by atoms with Gasteiger partial charge < -0.3 is 4.90 Å². The van der Waals surface area contributed by atoms with E-state index in [0.717, 1.165) is 0 Å². The van der Waals surface area contributed by atoms with Gasteiger partial charge in [-0.1, -0.05) is 104 Å². The van der Waals surface area contributed by atoms with Crippen molar-refractivity contribution in [1.82, 2.24) is 4.90 Å². The van der Waals surface area contributed by atoms with Crippen LogP contribution in [0.3, 0.4) is 0 Å². The molecular formula is C21H45N. The second-order valence-corrected chi connectivity index (χ2v) is 7.25. The fraction of sp³-hybridized carbons (Fsp3) is 1.00. The molecule has 0 heterocycles. The summed E-state index contributed by atoms with van der Waals surface area (Å²) in [7, 11) is 2.31. The monoisotopic (exact) mass is 311 g/mol. The molecule has 0 amide bonds. The summed E-state index contributed by atoms with van der Waals surface area (Å²) < 4.78 is 0. The first-order chi connectivity index (χ1) is 10.8. The minimum atomic E-state index is 1.31. The van der Waals surface area contributed by atoms with Gasteiger partial charge in [0.2, 0.25) is 0 Å². The lowest BCUT2D eigenvalue weighted by Crippen LogP contribution is -2.20. The Hall–Kier alpha value is -0.0400. The Balaban J connectivity index is 3.10. The zero-order chi connectivity index (χ0) is 16.3. The number of rotatable bonds is 18. The molecule has 0 aromatic carbocycles. The summed E-state index contributed by atoms with van der Waals surface area (Å²) in [5, 5.41) is 0. The van der Waals surface area contributed by atoms with Gasteiger partial charge in [-0.25, -0.2) is 0 Å². The molecule has 0 atom stereocenters. The smallest absolute Gasteiger partial charge is 0.00218 e. The average Bonchev–Trinajstić information content (AvgIpc) is 2.52. The van der Waals surface area contributed by atoms with E-state index >= 15 is 0 Å². The summed E-state index contributed by atoms with van der Waals surface area (Å²) >= 11 is 0. The van der Waals surface area contributed by atoms with Gasteiger partial charge in [0.15, 0.2) is 0 Å². The van der Waals surface area contributed by atoms with Gasteiger partial charge in [-0.15, -0.1) is 0 Å². The van der Waals surface area contributed by atoms with Crippen molar-refractivity contribution >= 4 is 0 Å². The van der Waals surface area contributed by atoms with Crippen LogP contribution in [0.4, 0.5) is 0 Å². The lowest BCUT2D eigenvalue weighted by atomic mass is 10.1. The summed E-state index contributed by atoms with van der Waals surface area (Å²) in [5.74, 6) is 0. The third-order valence-corrected chi connectivity index (χ3v) is 4.79. The van der Waals surface area contributed by atoms with Gasteiger partial charge in [0.25, 0.3) is 0 Å². The molecule has 0 aromatic heterocycles. The van der Waals surface area contributed by atoms with E-state index in [1.165, 1.54) is 116 Å². The molecule has 0 aliphatic carbocycles. The molecule has 0 spiro atoms. The molecule has 0 saturated heterocycles. The van der Waals surface area contributed by atoms with Crippen LogP contribution in [0.1, 0.15) is 117 Å². The Labute approximate surface area is 142 Å². The lowest BCUT2D eigenvalue weighted by molar-refractivity contribution is 0.314. The molecule has 22 heavy (non-hydrogen) atoms. The van der Waals surface area contributed by atoms with E-state index in [1.54, 1.807) is 0 Å². The van der Waals surface area contributed by atoms with E-state index in [2.05, 4.69) is 25.8 Å². The van der Waals surface area contributed by atoms with Crippen LogP contribution in [-0.2, 0) is 0 Å². The third kappa shape index (κ3) is 18.0. The average molecular weight is 312 g/mol. The van der Waals surface area contributed by atoms with E-state index in [-0.39, 0.29) is 0 Å². The standard InChI is InChI=1S/C21H45N/c1-4-6-8-10-12-13-14-15-17-19-21-22(3)20-18-16-11-9-7-5-2/h4-21H2,1-3H3. The molecule has 0 aliphatic heterocycles. The van der Waals surface area contributed by atoms with E-state index < -0.39 is 0 Å². The first-order valence-corrected chi connectivity index (χ1v) is 10.5. The highest BCUT2D eigenvalue weighted by molar-refractivity contribution is 4.54. The van der Waals surface area contributed by atoms with Crippen molar-refractivity contribution in [1.29, 1.82) is 0 Å². The normalized spacial score (nSPS) is 11.5. The van der Waals surface area contributed by atoms with Gasteiger partial charge >= 0.3 is 0 Å². The molecule has 1 nitrogen and oxygen atoms in total. The second kappa shape index (κ2) is 19.0. The van der Waals surface area contributed by atoms with Crippen molar-refractivity contribution < 1.29 is 0 Å². The zero-order valence-corrected chi connectivity index (χ0v) is 16.2. The van der Waals surface area contributed by atoms with Crippen LogP contribution < -0.4 is 0 Å². The fourth-order valence-corrected chi connectivity index (χ4v) is 3.14. The Morgan fingerprint density at radius 2 is 0.682 bits per heavy atom. The highest BCUT2D eigenvalue weighted by atomic mass is 15.1. The SMILES string of the molecule is CCCCCCCCCCCCN(C)CCCCCCCC. The van der Waals surface area contributed by atoms with Gasteiger partial charge in [0.1, 0.15) is 0 Å². The van der Waals surface area contributed by atoms with Crippen LogP contribution in [0, 0.1) is 0 Å². The Morgan fingerprint density at radius 1 is 0.409 bits per heavy atom. The van der Waals surface area contributed by atoms with Gasteiger partial charge in [-0.05, 0) is 33.0 Å². The topological polar surface area (TPSA) is 3.24 Å². The molecule has 0 aliphatic rings. The van der Waals surface area contributed by atoms with Crippen LogP contribution in [-0.4, -0.2) is 25.0 Å². The minimum absolute atomic E-state index is 1.31. The van der Waals surface area contributed by atoms with Crippen molar-refractivity contribution in [2.45, 2.75) is 117 Å². The van der Waals surface area contributed by atoms with Gasteiger partial charge in [0, 0.05) is 0 Å². The van der Waals surface area contributed by atoms with Crippen LogP contribution in [0.2, 0.25) is 0 Å². The molecule has 0 rings (SSSR count). The van der Waals surface area contributed by atoms with Crippen molar-refractivity contribution in [3.63, 3.8) is 0 Å². The highest BCUT2D eigenvalue weighted by Gasteiger charge is 1.98. The van der Waals surface area contributed by atoms with Crippen molar-refractivity contribution in [3.8, 4) is 0 Å². The fourth-order valence-electron chi connectivity index (χ4n) is 3.14. The maximum absolute atomic E-state index is 2.55. The number of hydrogen-bond acceptors (Lipinski definition) is 1. The van der Waals surface area contributed by atoms with Gasteiger partial charge in [-0.2, -0.15) is 0 Å². The van der Waals surface area contributed by atoms with Gasteiger partial charge in [0.05, 0.1) is 0 Å². The Bertz CT molecular complexity index is 190. The quantitative estimate of drug-likeness (QED) is 0.242. The molecule has 0 saturated carbocycles. The van der Waals surface area contributed by atoms with E-state index in [4.69, 9.17) is 0 Å². The largest absolute Gasteiger partial charge is 0.306 e. The predicted octanol–water partition coefficient (Wildman–Crippen LogP) is 7.20. The van der Waals surface area contributed by atoms with Gasteiger partial charge in [-0.3, -0.25) is 0 Å². The number of hydrogen-bond donors (Lipinski definition) is 0. The molecule has 1 heteroatoms. The summed E-state index contributed by atoms with van der Waals surface area (Å²) in [6.45, 7) is 7.21. The molecular weight excluding hydrogens is 266 g/mol. The molecule has 0 bridgehead atoms. The van der Waals surface area contributed by atoms with E-state index in [0.29, 0.717) is 0 Å². The molecule has 0 N–H and O–H groups in total. The van der Waals surface area contributed by atoms with Crippen LogP contribution in [0.15, 0.2) is 0 Å². The first kappa shape index (κ1) is 22.0.